The van der Waals surface area contributed by atoms with Gasteiger partial charge in [0, 0.05) is 15.5 Å². The van der Waals surface area contributed by atoms with Crippen LogP contribution in [0.2, 0.25) is 5.02 Å². The van der Waals surface area contributed by atoms with Crippen LogP contribution in [0, 0.1) is 0 Å². The molecule has 0 radical (unpaired) electrons. The van der Waals surface area contributed by atoms with Crippen LogP contribution in [0.15, 0.2) is 94.6 Å². The summed E-state index contributed by atoms with van der Waals surface area (Å²) in [7, 11) is 1.59. The zero-order chi connectivity index (χ0) is 26.9. The Labute approximate surface area is 230 Å². The lowest BCUT2D eigenvalue weighted by Gasteiger charge is -2.12. The van der Waals surface area contributed by atoms with E-state index in [0.29, 0.717) is 16.5 Å². The minimum absolute atomic E-state index is 0.0634. The summed E-state index contributed by atoms with van der Waals surface area (Å²) in [5.74, 6) is 0.695. The van der Waals surface area contributed by atoms with Gasteiger partial charge in [0.05, 0.1) is 19.3 Å². The highest BCUT2D eigenvalue weighted by Crippen LogP contribution is 2.22. The van der Waals surface area contributed by atoms with Crippen LogP contribution in [-0.2, 0) is 17.9 Å². The molecule has 4 rings (SSSR count). The van der Waals surface area contributed by atoms with Gasteiger partial charge in [-0.15, -0.1) is 11.8 Å². The number of halogens is 1. The van der Waals surface area contributed by atoms with Gasteiger partial charge in [-0.25, -0.2) is 9.48 Å². The van der Waals surface area contributed by atoms with Gasteiger partial charge in [-0.1, -0.05) is 48.0 Å². The highest BCUT2D eigenvalue weighted by atomic mass is 35.5. The Morgan fingerprint density at radius 3 is 2.42 bits per heavy atom. The van der Waals surface area contributed by atoms with E-state index in [-0.39, 0.29) is 18.8 Å². The molecule has 0 fully saturated rings. The predicted octanol–water partition coefficient (Wildman–Crippen LogP) is 6.76. The molecule has 0 unspecified atom stereocenters. The topological polar surface area (TPSA) is 82.5 Å². The summed E-state index contributed by atoms with van der Waals surface area (Å²) in [6.07, 6.45) is 4.95. The molecule has 1 amide bonds. The van der Waals surface area contributed by atoms with Gasteiger partial charge in [0.25, 0.3) is 5.56 Å². The number of thioether (sulfide) groups is 1. The summed E-state index contributed by atoms with van der Waals surface area (Å²) >= 11 is 7.59. The Balaban J connectivity index is 1.56. The van der Waals surface area contributed by atoms with Crippen molar-refractivity contribution in [2.75, 3.05) is 18.7 Å². The minimum Gasteiger partial charge on any atom is -0.497 e. The zero-order valence-corrected chi connectivity index (χ0v) is 22.5. The van der Waals surface area contributed by atoms with Crippen molar-refractivity contribution < 1.29 is 14.3 Å². The first-order valence-corrected chi connectivity index (χ1v) is 13.3. The summed E-state index contributed by atoms with van der Waals surface area (Å²) in [5, 5.41) is 7.75. The quantitative estimate of drug-likeness (QED) is 0.233. The maximum Gasteiger partial charge on any atom is 0.412 e. The van der Waals surface area contributed by atoms with Crippen LogP contribution in [0.3, 0.4) is 0 Å². The van der Waals surface area contributed by atoms with Gasteiger partial charge in [0.1, 0.15) is 18.0 Å². The molecule has 194 valence electrons. The lowest BCUT2D eigenvalue weighted by Crippen LogP contribution is -2.28. The lowest BCUT2D eigenvalue weighted by molar-refractivity contribution is 0.155. The average molecular weight is 548 g/mol. The number of aromatic nitrogens is 2. The largest absolute Gasteiger partial charge is 0.497 e. The van der Waals surface area contributed by atoms with Gasteiger partial charge >= 0.3 is 6.09 Å². The lowest BCUT2D eigenvalue weighted by atomic mass is 10.1. The number of ether oxygens (including phenoxy) is 2. The van der Waals surface area contributed by atoms with E-state index < -0.39 is 11.7 Å². The number of nitrogens with zero attached hydrogens (tertiary/aromatic N) is 2. The van der Waals surface area contributed by atoms with E-state index in [0.717, 1.165) is 21.6 Å². The Bertz CT molecular complexity index is 1470. The maximum atomic E-state index is 13.2. The molecule has 0 bridgehead atoms. The maximum absolute atomic E-state index is 13.2. The molecule has 4 aromatic rings. The summed E-state index contributed by atoms with van der Waals surface area (Å²) in [6, 6.07) is 23.9. The van der Waals surface area contributed by atoms with Crippen molar-refractivity contribution in [1.82, 2.24) is 9.78 Å². The fourth-order valence-corrected chi connectivity index (χ4v) is 4.07. The SMILES string of the molecule is COc1ccc(-c2cc(NC(=O)OCc3ccc(SC)cc3)c(=O)n(CC=Cc3ccc(Cl)cc3)n2)cc1. The first kappa shape index (κ1) is 27.0. The molecular formula is C29H26ClN3O4S. The van der Waals surface area contributed by atoms with Crippen LogP contribution >= 0.6 is 23.4 Å². The second-order valence-electron chi connectivity index (χ2n) is 8.16. The number of anilines is 1. The molecule has 1 aromatic heterocycles. The second kappa shape index (κ2) is 13.0. The van der Waals surface area contributed by atoms with Gasteiger partial charge in [-0.2, -0.15) is 5.10 Å². The van der Waals surface area contributed by atoms with Crippen molar-refractivity contribution in [3.63, 3.8) is 0 Å². The number of benzene rings is 3. The standard InChI is InChI=1S/C29H26ClN3O4S/c1-36-24-13-9-22(10-14-24)26-18-27(31-29(35)37-19-21-7-15-25(38-2)16-8-21)28(34)33(32-26)17-3-4-20-5-11-23(30)12-6-20/h3-16,18H,17,19H2,1-2H3,(H,31,35). The average Bonchev–Trinajstić information content (AvgIpc) is 2.95. The molecule has 1 heterocycles. The van der Waals surface area contributed by atoms with Crippen LogP contribution in [0.4, 0.5) is 10.5 Å². The monoisotopic (exact) mass is 547 g/mol. The van der Waals surface area contributed by atoms with E-state index >= 15 is 0 Å². The van der Waals surface area contributed by atoms with Gasteiger partial charge in [-0.3, -0.25) is 10.1 Å². The zero-order valence-electron chi connectivity index (χ0n) is 20.9. The Kier molecular flexibility index (Phi) is 9.24. The molecule has 9 heteroatoms. The highest BCUT2D eigenvalue weighted by molar-refractivity contribution is 7.98. The van der Waals surface area contributed by atoms with E-state index in [1.807, 2.05) is 66.9 Å². The number of amides is 1. The highest BCUT2D eigenvalue weighted by Gasteiger charge is 2.13. The number of carbonyl (C=O) groups excluding carboxylic acids is 1. The molecule has 3 aromatic carbocycles. The second-order valence-corrected chi connectivity index (χ2v) is 9.48. The number of carbonyl (C=O) groups is 1. The van der Waals surface area contributed by atoms with Crippen LogP contribution in [0.1, 0.15) is 11.1 Å². The molecule has 0 aliphatic carbocycles. The first-order chi connectivity index (χ1) is 18.4. The molecule has 0 atom stereocenters. The number of hydrogen-bond donors (Lipinski definition) is 1. The van der Waals surface area contributed by atoms with Crippen molar-refractivity contribution in [2.45, 2.75) is 18.0 Å². The molecule has 38 heavy (non-hydrogen) atoms. The van der Waals surface area contributed by atoms with Crippen LogP contribution in [0.25, 0.3) is 17.3 Å². The number of hydrogen-bond acceptors (Lipinski definition) is 6. The van der Waals surface area contributed by atoms with E-state index in [1.165, 1.54) is 10.7 Å². The van der Waals surface area contributed by atoms with Crippen LogP contribution < -0.4 is 15.6 Å². The first-order valence-electron chi connectivity index (χ1n) is 11.7. The summed E-state index contributed by atoms with van der Waals surface area (Å²) in [4.78, 5) is 26.9. The van der Waals surface area contributed by atoms with Gasteiger partial charge in [0.2, 0.25) is 0 Å². The molecule has 0 aliphatic heterocycles. The Hall–Kier alpha value is -4.01. The van der Waals surface area contributed by atoms with Gasteiger partial charge < -0.3 is 9.47 Å². The third kappa shape index (κ3) is 7.27. The fourth-order valence-electron chi connectivity index (χ4n) is 3.54. The van der Waals surface area contributed by atoms with E-state index in [2.05, 4.69) is 10.4 Å². The van der Waals surface area contributed by atoms with Gasteiger partial charge in [-0.05, 0) is 72.0 Å². The number of nitrogens with one attached hydrogen (secondary N) is 1. The third-order valence-electron chi connectivity index (χ3n) is 5.58. The Morgan fingerprint density at radius 1 is 1.05 bits per heavy atom. The third-order valence-corrected chi connectivity index (χ3v) is 6.58. The molecule has 0 saturated carbocycles. The van der Waals surface area contributed by atoms with E-state index in [9.17, 15) is 9.59 Å². The molecule has 0 aliphatic rings. The summed E-state index contributed by atoms with van der Waals surface area (Å²) in [6.45, 7) is 0.270. The van der Waals surface area contributed by atoms with Crippen molar-refractivity contribution >= 4 is 41.2 Å². The minimum atomic E-state index is -0.730. The predicted molar refractivity (Wildman–Crippen MR) is 153 cm³/mol. The normalized spacial score (nSPS) is 10.9. The molecule has 7 nitrogen and oxygen atoms in total. The fraction of sp³-hybridized carbons (Fsp3) is 0.138. The Morgan fingerprint density at radius 2 is 1.76 bits per heavy atom. The number of allylic oxidation sites excluding steroid dienone is 1. The summed E-state index contributed by atoms with van der Waals surface area (Å²) < 4.78 is 11.9. The van der Waals surface area contributed by atoms with Crippen molar-refractivity contribution in [3.05, 3.63) is 111 Å². The molecule has 1 N–H and O–H groups in total. The van der Waals surface area contributed by atoms with Crippen molar-refractivity contribution in [3.8, 4) is 17.0 Å². The van der Waals surface area contributed by atoms with E-state index in [4.69, 9.17) is 21.1 Å². The van der Waals surface area contributed by atoms with Crippen molar-refractivity contribution in [2.24, 2.45) is 0 Å². The van der Waals surface area contributed by atoms with E-state index in [1.54, 1.807) is 43.1 Å². The molecule has 0 saturated heterocycles. The van der Waals surface area contributed by atoms with Gasteiger partial charge in [0.15, 0.2) is 0 Å². The summed E-state index contributed by atoms with van der Waals surface area (Å²) in [5.41, 5.74) is 2.65. The molecular weight excluding hydrogens is 522 g/mol. The smallest absolute Gasteiger partial charge is 0.412 e. The number of methoxy groups -OCH3 is 1. The number of rotatable bonds is 9. The van der Waals surface area contributed by atoms with Crippen LogP contribution in [0.5, 0.6) is 5.75 Å². The molecule has 0 spiro atoms. The van der Waals surface area contributed by atoms with Crippen molar-refractivity contribution in [1.29, 1.82) is 0 Å². The van der Waals surface area contributed by atoms with Crippen LogP contribution in [-0.4, -0.2) is 29.2 Å².